The van der Waals surface area contributed by atoms with Gasteiger partial charge in [-0.05, 0) is 23.1 Å². The van der Waals surface area contributed by atoms with Gasteiger partial charge in [0.25, 0.3) is 0 Å². The van der Waals surface area contributed by atoms with Crippen molar-refractivity contribution in [1.29, 1.82) is 0 Å². The van der Waals surface area contributed by atoms with Gasteiger partial charge in [-0.2, -0.15) is 0 Å². The summed E-state index contributed by atoms with van der Waals surface area (Å²) in [6, 6.07) is 11.9. The Bertz CT molecular complexity index is 827. The van der Waals surface area contributed by atoms with Crippen LogP contribution in [-0.2, 0) is 4.79 Å². The summed E-state index contributed by atoms with van der Waals surface area (Å²) < 4.78 is 39.7. The molecule has 3 unspecified atom stereocenters. The molecule has 0 radical (unpaired) electrons. The van der Waals surface area contributed by atoms with Crippen LogP contribution in [0, 0.1) is 0 Å². The molecule has 1 aliphatic carbocycles. The number of nitrogens with one attached hydrogen (secondary N) is 2. The van der Waals surface area contributed by atoms with Crippen LogP contribution in [0.25, 0.3) is 0 Å². The number of amides is 1. The fourth-order valence-electron chi connectivity index (χ4n) is 3.83. The third kappa shape index (κ3) is 4.90. The van der Waals surface area contributed by atoms with E-state index in [9.17, 15) is 18.0 Å². The van der Waals surface area contributed by atoms with E-state index in [2.05, 4.69) is 15.6 Å². The third-order valence-corrected chi connectivity index (χ3v) is 5.48. The number of aromatic nitrogens is 1. The van der Waals surface area contributed by atoms with Crippen LogP contribution in [-0.4, -0.2) is 35.6 Å². The van der Waals surface area contributed by atoms with Gasteiger partial charge in [0.1, 0.15) is 6.17 Å². The predicted molar refractivity (Wildman–Crippen MR) is 106 cm³/mol. The molecule has 0 spiro atoms. The Morgan fingerprint density at radius 3 is 2.45 bits per heavy atom. The summed E-state index contributed by atoms with van der Waals surface area (Å²) in [5.74, 6) is -3.03. The Balaban J connectivity index is 0.00000240. The Labute approximate surface area is 173 Å². The summed E-state index contributed by atoms with van der Waals surface area (Å²) in [4.78, 5) is 17.0. The molecule has 1 saturated heterocycles. The number of carbonyl (C=O) groups excluding carboxylic acids is 1. The number of hydrogen-bond acceptors (Lipinski definition) is 3. The van der Waals surface area contributed by atoms with Crippen LogP contribution < -0.4 is 10.6 Å². The first kappa shape index (κ1) is 21.6. The van der Waals surface area contributed by atoms with Crippen molar-refractivity contribution < 1.29 is 18.0 Å². The molecule has 1 saturated carbocycles. The van der Waals surface area contributed by atoms with Gasteiger partial charge in [0, 0.05) is 32.0 Å². The zero-order valence-corrected chi connectivity index (χ0v) is 16.5. The van der Waals surface area contributed by atoms with Crippen LogP contribution in [0.4, 0.5) is 13.2 Å². The highest BCUT2D eigenvalue weighted by Gasteiger charge is 2.45. The second kappa shape index (κ2) is 8.71. The van der Waals surface area contributed by atoms with E-state index in [0.29, 0.717) is 5.69 Å². The second-order valence-corrected chi connectivity index (χ2v) is 7.62. The second-order valence-electron chi connectivity index (χ2n) is 7.62. The SMILES string of the molecule is Cl.O=C(NC(c1ccccc1)c1ccc(C2CC(F)(F)C2)cn1)C1CC(F)CN1. The molecular weight excluding hydrogens is 403 g/mol. The lowest BCUT2D eigenvalue weighted by atomic mass is 9.77. The molecule has 2 heterocycles. The van der Waals surface area contributed by atoms with Gasteiger partial charge >= 0.3 is 0 Å². The third-order valence-electron chi connectivity index (χ3n) is 5.48. The van der Waals surface area contributed by atoms with Gasteiger partial charge in [-0.3, -0.25) is 9.78 Å². The lowest BCUT2D eigenvalue weighted by Gasteiger charge is -2.35. The molecule has 1 amide bonds. The van der Waals surface area contributed by atoms with Gasteiger partial charge < -0.3 is 10.6 Å². The fourth-order valence-corrected chi connectivity index (χ4v) is 3.83. The zero-order chi connectivity index (χ0) is 19.7. The van der Waals surface area contributed by atoms with Crippen LogP contribution in [0.3, 0.4) is 0 Å². The van der Waals surface area contributed by atoms with Gasteiger partial charge in [-0.25, -0.2) is 13.2 Å². The molecule has 4 rings (SSSR count). The highest BCUT2D eigenvalue weighted by atomic mass is 35.5. The van der Waals surface area contributed by atoms with E-state index in [1.165, 1.54) is 0 Å². The Kier molecular flexibility index (Phi) is 6.49. The first-order valence-electron chi connectivity index (χ1n) is 9.48. The van der Waals surface area contributed by atoms with Crippen molar-refractivity contribution in [2.24, 2.45) is 0 Å². The molecule has 1 aromatic carbocycles. The molecule has 2 aliphatic rings. The molecule has 3 atom stereocenters. The van der Waals surface area contributed by atoms with Crippen molar-refractivity contribution in [2.45, 2.75) is 49.4 Å². The van der Waals surface area contributed by atoms with E-state index in [0.717, 1.165) is 11.1 Å². The van der Waals surface area contributed by atoms with Gasteiger partial charge in [0.15, 0.2) is 0 Å². The van der Waals surface area contributed by atoms with Crippen LogP contribution in [0.2, 0.25) is 0 Å². The maximum absolute atomic E-state index is 13.4. The molecule has 156 valence electrons. The van der Waals surface area contributed by atoms with Crippen molar-refractivity contribution in [2.75, 3.05) is 6.54 Å². The van der Waals surface area contributed by atoms with Gasteiger partial charge in [-0.1, -0.05) is 36.4 Å². The standard InChI is InChI=1S/C21H22F3N3O.ClH/c22-16-8-18(26-12-16)20(28)27-19(13-4-2-1-3-5-13)17-7-6-14(11-25-17)15-9-21(23,24)10-15;/h1-7,11,15-16,18-19,26H,8-10,12H2,(H,27,28);1H. The molecule has 29 heavy (non-hydrogen) atoms. The van der Waals surface area contributed by atoms with Gasteiger partial charge in [0.05, 0.1) is 17.8 Å². The summed E-state index contributed by atoms with van der Waals surface area (Å²) in [6.45, 7) is 0.174. The molecule has 1 aromatic heterocycles. The molecule has 4 nitrogen and oxygen atoms in total. The molecule has 2 fully saturated rings. The van der Waals surface area contributed by atoms with E-state index < -0.39 is 24.2 Å². The lowest BCUT2D eigenvalue weighted by Crippen LogP contribution is -2.42. The van der Waals surface area contributed by atoms with Crippen molar-refractivity contribution in [3.63, 3.8) is 0 Å². The van der Waals surface area contributed by atoms with E-state index >= 15 is 0 Å². The van der Waals surface area contributed by atoms with Crippen molar-refractivity contribution in [1.82, 2.24) is 15.6 Å². The van der Waals surface area contributed by atoms with E-state index in [4.69, 9.17) is 0 Å². The molecule has 2 N–H and O–H groups in total. The molecule has 8 heteroatoms. The molecule has 1 aliphatic heterocycles. The largest absolute Gasteiger partial charge is 0.342 e. The van der Waals surface area contributed by atoms with Gasteiger partial charge in [0.2, 0.25) is 11.8 Å². The highest BCUT2D eigenvalue weighted by Crippen LogP contribution is 2.48. The number of rotatable bonds is 5. The summed E-state index contributed by atoms with van der Waals surface area (Å²) in [5, 5.41) is 5.83. The quantitative estimate of drug-likeness (QED) is 0.763. The topological polar surface area (TPSA) is 54.0 Å². The lowest BCUT2D eigenvalue weighted by molar-refractivity contribution is -0.123. The first-order chi connectivity index (χ1) is 13.4. The molecular formula is C21H23ClF3N3O. The van der Waals surface area contributed by atoms with E-state index in [1.807, 2.05) is 30.3 Å². The predicted octanol–water partition coefficient (Wildman–Crippen LogP) is 3.92. The summed E-state index contributed by atoms with van der Waals surface area (Å²) in [5.41, 5.74) is 2.25. The smallest absolute Gasteiger partial charge is 0.249 e. The van der Waals surface area contributed by atoms with Crippen molar-refractivity contribution >= 4 is 18.3 Å². The number of benzene rings is 1. The summed E-state index contributed by atoms with van der Waals surface area (Å²) in [7, 11) is 0. The highest BCUT2D eigenvalue weighted by molar-refractivity contribution is 5.85. The number of halogens is 4. The summed E-state index contributed by atoms with van der Waals surface area (Å²) >= 11 is 0. The Morgan fingerprint density at radius 1 is 1.17 bits per heavy atom. The monoisotopic (exact) mass is 425 g/mol. The average Bonchev–Trinajstić information content (AvgIpc) is 3.11. The fraction of sp³-hybridized carbons (Fsp3) is 0.429. The number of pyridine rings is 1. The minimum absolute atomic E-state index is 0. The maximum atomic E-state index is 13.4. The first-order valence-corrected chi connectivity index (χ1v) is 9.48. The van der Waals surface area contributed by atoms with Crippen molar-refractivity contribution in [3.8, 4) is 0 Å². The minimum atomic E-state index is -2.58. The number of hydrogen-bond donors (Lipinski definition) is 2. The normalized spacial score (nSPS) is 24.2. The van der Waals surface area contributed by atoms with Crippen LogP contribution >= 0.6 is 12.4 Å². The van der Waals surface area contributed by atoms with E-state index in [1.54, 1.807) is 18.3 Å². The number of nitrogens with zero attached hydrogens (tertiary/aromatic N) is 1. The van der Waals surface area contributed by atoms with Crippen molar-refractivity contribution in [3.05, 3.63) is 65.5 Å². The number of carbonyl (C=O) groups is 1. The number of alkyl halides is 3. The zero-order valence-electron chi connectivity index (χ0n) is 15.7. The van der Waals surface area contributed by atoms with Crippen LogP contribution in [0.1, 0.15) is 48.0 Å². The van der Waals surface area contributed by atoms with E-state index in [-0.39, 0.29) is 50.0 Å². The van der Waals surface area contributed by atoms with Crippen LogP contribution in [0.15, 0.2) is 48.7 Å². The van der Waals surface area contributed by atoms with Gasteiger partial charge in [-0.15, -0.1) is 12.4 Å². The minimum Gasteiger partial charge on any atom is -0.342 e. The maximum Gasteiger partial charge on any atom is 0.249 e. The summed E-state index contributed by atoms with van der Waals surface area (Å²) in [6.07, 6.45) is 0.442. The average molecular weight is 426 g/mol. The Morgan fingerprint density at radius 2 is 1.90 bits per heavy atom. The molecule has 2 aromatic rings. The Hall–Kier alpha value is -2.12. The van der Waals surface area contributed by atoms with Crippen LogP contribution in [0.5, 0.6) is 0 Å². The molecule has 0 bridgehead atoms.